The van der Waals surface area contributed by atoms with E-state index in [9.17, 15) is 9.59 Å². The number of rotatable bonds is 8. The van der Waals surface area contributed by atoms with E-state index in [1.165, 1.54) is 0 Å². The lowest BCUT2D eigenvalue weighted by Crippen LogP contribution is -2.39. The van der Waals surface area contributed by atoms with Gasteiger partial charge in [0.15, 0.2) is 0 Å². The molecule has 0 aromatic carbocycles. The van der Waals surface area contributed by atoms with Gasteiger partial charge in [0.2, 0.25) is 0 Å². The predicted molar refractivity (Wildman–Crippen MR) is 69.3 cm³/mol. The molecule has 0 radical (unpaired) electrons. The summed E-state index contributed by atoms with van der Waals surface area (Å²) >= 11 is 6.88. The number of nitrogens with one attached hydrogen (secondary N) is 1. The van der Waals surface area contributed by atoms with Crippen LogP contribution >= 0.6 is 22.9 Å². The first-order valence-electron chi connectivity index (χ1n) is 5.25. The van der Waals surface area contributed by atoms with Gasteiger partial charge in [-0.2, -0.15) is 0 Å². The largest absolute Gasteiger partial charge is 0.382 e. The zero-order chi connectivity index (χ0) is 13.4. The van der Waals surface area contributed by atoms with Crippen LogP contribution in [0.5, 0.6) is 0 Å². The number of thiophene rings is 1. The monoisotopic (exact) mass is 291 g/mol. The molecule has 1 aromatic rings. The van der Waals surface area contributed by atoms with E-state index in [2.05, 4.69) is 5.32 Å². The summed E-state index contributed by atoms with van der Waals surface area (Å²) in [5.41, 5.74) is 0. The Morgan fingerprint density at radius 1 is 1.56 bits per heavy atom. The average molecular weight is 292 g/mol. The summed E-state index contributed by atoms with van der Waals surface area (Å²) in [7, 11) is 1.56. The first-order valence-corrected chi connectivity index (χ1v) is 6.45. The second-order valence-corrected chi connectivity index (χ2v) is 5.10. The van der Waals surface area contributed by atoms with Crippen LogP contribution in [0.3, 0.4) is 0 Å². The molecule has 1 rings (SSSR count). The third kappa shape index (κ3) is 5.14. The Labute approximate surface area is 114 Å². The minimum absolute atomic E-state index is 0.123. The number of aldehydes is 1. The van der Waals surface area contributed by atoms with Crippen LogP contribution in [0.2, 0.25) is 4.34 Å². The molecule has 0 aliphatic rings. The van der Waals surface area contributed by atoms with Crippen molar-refractivity contribution in [3.05, 3.63) is 21.3 Å². The number of amides is 1. The van der Waals surface area contributed by atoms with Gasteiger partial charge >= 0.3 is 0 Å². The normalized spacial score (nSPS) is 12.1. The highest BCUT2D eigenvalue weighted by atomic mass is 35.5. The molecular formula is C11H14ClNO4S. The van der Waals surface area contributed by atoms with Crippen molar-refractivity contribution in [3.8, 4) is 0 Å². The molecule has 0 bridgehead atoms. The lowest BCUT2D eigenvalue weighted by atomic mass is 10.3. The van der Waals surface area contributed by atoms with E-state index in [1.54, 1.807) is 19.2 Å². The summed E-state index contributed by atoms with van der Waals surface area (Å²) in [6, 6.07) is 2.57. The van der Waals surface area contributed by atoms with Gasteiger partial charge in [0.25, 0.3) is 5.91 Å². The fourth-order valence-electron chi connectivity index (χ4n) is 1.14. The van der Waals surface area contributed by atoms with Crippen molar-refractivity contribution in [2.45, 2.75) is 6.04 Å². The second kappa shape index (κ2) is 8.20. The highest BCUT2D eigenvalue weighted by Crippen LogP contribution is 2.21. The van der Waals surface area contributed by atoms with Crippen molar-refractivity contribution in [2.75, 3.05) is 26.9 Å². The number of hydrogen-bond donors (Lipinski definition) is 1. The molecule has 1 atom stereocenters. The Morgan fingerprint density at radius 3 is 2.89 bits per heavy atom. The minimum atomic E-state index is -0.671. The summed E-state index contributed by atoms with van der Waals surface area (Å²) in [4.78, 5) is 23.0. The number of hydrogen-bond acceptors (Lipinski definition) is 5. The zero-order valence-corrected chi connectivity index (χ0v) is 11.4. The van der Waals surface area contributed by atoms with Crippen LogP contribution in [-0.2, 0) is 14.3 Å². The quantitative estimate of drug-likeness (QED) is 0.580. The molecule has 0 saturated heterocycles. The number of methoxy groups -OCH3 is 1. The summed E-state index contributed by atoms with van der Waals surface area (Å²) < 4.78 is 10.5. The Morgan fingerprint density at radius 2 is 2.33 bits per heavy atom. The summed E-state index contributed by atoms with van der Waals surface area (Å²) in [6.07, 6.45) is 0.639. The molecule has 100 valence electrons. The van der Waals surface area contributed by atoms with E-state index in [1.807, 2.05) is 0 Å². The third-order valence-electron chi connectivity index (χ3n) is 2.01. The van der Waals surface area contributed by atoms with Gasteiger partial charge in [0, 0.05) is 7.11 Å². The minimum Gasteiger partial charge on any atom is -0.382 e. The number of carbonyl (C=O) groups is 2. The number of ether oxygens (including phenoxy) is 2. The Balaban J connectivity index is 2.38. The molecule has 0 saturated carbocycles. The molecule has 1 heterocycles. The SMILES string of the molecule is COCCOCC(C=O)NC(=O)c1ccc(Cl)s1. The summed E-state index contributed by atoms with van der Waals surface area (Å²) in [5.74, 6) is -0.334. The molecule has 18 heavy (non-hydrogen) atoms. The molecule has 1 amide bonds. The van der Waals surface area contributed by atoms with E-state index < -0.39 is 6.04 Å². The van der Waals surface area contributed by atoms with Crippen molar-refractivity contribution in [1.82, 2.24) is 5.32 Å². The van der Waals surface area contributed by atoms with Gasteiger partial charge in [-0.15, -0.1) is 11.3 Å². The molecular weight excluding hydrogens is 278 g/mol. The molecule has 7 heteroatoms. The highest BCUT2D eigenvalue weighted by Gasteiger charge is 2.14. The Kier molecular flexibility index (Phi) is 6.89. The van der Waals surface area contributed by atoms with E-state index in [4.69, 9.17) is 21.1 Å². The van der Waals surface area contributed by atoms with Gasteiger partial charge in [-0.1, -0.05) is 11.6 Å². The van der Waals surface area contributed by atoms with Gasteiger partial charge < -0.3 is 19.6 Å². The van der Waals surface area contributed by atoms with Gasteiger partial charge in [-0.3, -0.25) is 4.79 Å². The second-order valence-electron chi connectivity index (χ2n) is 3.39. The summed E-state index contributed by atoms with van der Waals surface area (Å²) in [5, 5.41) is 2.55. The molecule has 0 aliphatic carbocycles. The van der Waals surface area contributed by atoms with Crippen LogP contribution in [0.15, 0.2) is 12.1 Å². The first kappa shape index (κ1) is 15.1. The van der Waals surface area contributed by atoms with Crippen molar-refractivity contribution in [1.29, 1.82) is 0 Å². The van der Waals surface area contributed by atoms with Gasteiger partial charge in [-0.25, -0.2) is 0 Å². The fraction of sp³-hybridized carbons (Fsp3) is 0.455. The first-order chi connectivity index (χ1) is 8.67. The third-order valence-corrected chi connectivity index (χ3v) is 3.24. The smallest absolute Gasteiger partial charge is 0.262 e. The van der Waals surface area contributed by atoms with Gasteiger partial charge in [-0.05, 0) is 12.1 Å². The molecule has 0 fully saturated rings. The zero-order valence-electron chi connectivity index (χ0n) is 9.85. The maximum atomic E-state index is 11.7. The predicted octanol–water partition coefficient (Wildman–Crippen LogP) is 1.36. The molecule has 5 nitrogen and oxygen atoms in total. The lowest BCUT2D eigenvalue weighted by Gasteiger charge is -2.12. The molecule has 1 unspecified atom stereocenters. The Hall–Kier alpha value is -0.950. The van der Waals surface area contributed by atoms with Crippen LogP contribution in [0.25, 0.3) is 0 Å². The molecule has 0 spiro atoms. The van der Waals surface area contributed by atoms with Crippen LogP contribution in [0, 0.1) is 0 Å². The van der Waals surface area contributed by atoms with Crippen molar-refractivity contribution < 1.29 is 19.1 Å². The molecule has 1 N–H and O–H groups in total. The van der Waals surface area contributed by atoms with Crippen LogP contribution in [-0.4, -0.2) is 45.2 Å². The molecule has 1 aromatic heterocycles. The maximum absolute atomic E-state index is 11.7. The van der Waals surface area contributed by atoms with Crippen molar-refractivity contribution >= 4 is 35.1 Å². The van der Waals surface area contributed by atoms with Crippen LogP contribution < -0.4 is 5.32 Å². The fourth-order valence-corrected chi connectivity index (χ4v) is 2.09. The van der Waals surface area contributed by atoms with Crippen molar-refractivity contribution in [2.24, 2.45) is 0 Å². The van der Waals surface area contributed by atoms with Crippen LogP contribution in [0.1, 0.15) is 9.67 Å². The highest BCUT2D eigenvalue weighted by molar-refractivity contribution is 7.18. The molecule has 0 aliphatic heterocycles. The van der Waals surface area contributed by atoms with E-state index in [0.29, 0.717) is 28.7 Å². The van der Waals surface area contributed by atoms with Crippen LogP contribution in [0.4, 0.5) is 0 Å². The maximum Gasteiger partial charge on any atom is 0.262 e. The van der Waals surface area contributed by atoms with E-state index in [0.717, 1.165) is 11.3 Å². The van der Waals surface area contributed by atoms with Gasteiger partial charge in [0.1, 0.15) is 12.3 Å². The standard InChI is InChI=1S/C11H14ClNO4S/c1-16-4-5-17-7-8(6-14)13-11(15)9-2-3-10(12)18-9/h2-3,6,8H,4-5,7H2,1H3,(H,13,15). The topological polar surface area (TPSA) is 64.6 Å². The lowest BCUT2D eigenvalue weighted by molar-refractivity contribution is -0.110. The van der Waals surface area contributed by atoms with Crippen molar-refractivity contribution in [3.63, 3.8) is 0 Å². The van der Waals surface area contributed by atoms with E-state index >= 15 is 0 Å². The average Bonchev–Trinajstić information content (AvgIpc) is 2.79. The number of halogens is 1. The number of carbonyl (C=O) groups excluding carboxylic acids is 2. The summed E-state index contributed by atoms with van der Waals surface area (Å²) in [6.45, 7) is 0.944. The Bertz CT molecular complexity index is 396. The van der Waals surface area contributed by atoms with E-state index in [-0.39, 0.29) is 12.5 Å². The van der Waals surface area contributed by atoms with Gasteiger partial charge in [0.05, 0.1) is 29.0 Å².